The lowest BCUT2D eigenvalue weighted by atomic mass is 9.91. The maximum absolute atomic E-state index is 11.9. The Morgan fingerprint density at radius 2 is 2.10 bits per heavy atom. The van der Waals surface area contributed by atoms with Crippen LogP contribution >= 0.6 is 0 Å². The highest BCUT2D eigenvalue weighted by molar-refractivity contribution is 5.93. The largest absolute Gasteiger partial charge is 0.397 e. The van der Waals surface area contributed by atoms with Crippen molar-refractivity contribution in [2.75, 3.05) is 30.7 Å². The van der Waals surface area contributed by atoms with Crippen molar-refractivity contribution in [1.29, 1.82) is 0 Å². The second-order valence-corrected chi connectivity index (χ2v) is 5.58. The Morgan fingerprint density at radius 3 is 2.71 bits per heavy atom. The van der Waals surface area contributed by atoms with E-state index in [9.17, 15) is 4.79 Å². The van der Waals surface area contributed by atoms with Crippen LogP contribution in [0.3, 0.4) is 0 Å². The molecule has 116 valence electrons. The number of benzene rings is 1. The van der Waals surface area contributed by atoms with E-state index in [4.69, 9.17) is 10.8 Å². The summed E-state index contributed by atoms with van der Waals surface area (Å²) in [6, 6.07) is 7.88. The average Bonchev–Trinajstić information content (AvgIpc) is 2.39. The van der Waals surface area contributed by atoms with Crippen molar-refractivity contribution < 1.29 is 9.90 Å². The van der Waals surface area contributed by atoms with E-state index >= 15 is 0 Å². The molecule has 5 nitrogen and oxygen atoms in total. The summed E-state index contributed by atoms with van der Waals surface area (Å²) in [6.07, 6.45) is 4.98. The van der Waals surface area contributed by atoms with E-state index in [2.05, 4.69) is 10.2 Å². The molecule has 0 radical (unpaired) electrons. The zero-order valence-corrected chi connectivity index (χ0v) is 12.4. The summed E-state index contributed by atoms with van der Waals surface area (Å²) in [6.45, 7) is 1.75. The standard InChI is InChI=1S/C16H25N3O2/c17-14-7-1-2-8-15(14)18-16(21)9-4-10-19(11-12-20)13-5-3-6-13/h1-2,7-8,13,20H,3-6,9-12,17H2,(H,18,21). The Kier molecular flexibility index (Phi) is 6.02. The Balaban J connectivity index is 1.72. The van der Waals surface area contributed by atoms with Crippen molar-refractivity contribution in [2.45, 2.75) is 38.1 Å². The SMILES string of the molecule is Nc1ccccc1NC(=O)CCCN(CCO)C1CCC1. The lowest BCUT2D eigenvalue weighted by Gasteiger charge is -2.37. The van der Waals surface area contributed by atoms with Crippen molar-refractivity contribution in [3.8, 4) is 0 Å². The van der Waals surface area contributed by atoms with Crippen LogP contribution in [0.15, 0.2) is 24.3 Å². The lowest BCUT2D eigenvalue weighted by Crippen LogP contribution is -2.42. The van der Waals surface area contributed by atoms with Gasteiger partial charge in [0, 0.05) is 19.0 Å². The Hall–Kier alpha value is -1.59. The zero-order chi connectivity index (χ0) is 15.1. The molecule has 4 N–H and O–H groups in total. The van der Waals surface area contributed by atoms with Crippen LogP contribution in [0.2, 0.25) is 0 Å². The van der Waals surface area contributed by atoms with Gasteiger partial charge in [-0.3, -0.25) is 9.69 Å². The number of nitrogens with two attached hydrogens (primary N) is 1. The molecule has 1 fully saturated rings. The first-order chi connectivity index (χ1) is 10.2. The Labute approximate surface area is 126 Å². The van der Waals surface area contributed by atoms with Gasteiger partial charge in [-0.15, -0.1) is 0 Å². The smallest absolute Gasteiger partial charge is 0.224 e. The molecular formula is C16H25N3O2. The fourth-order valence-electron chi connectivity index (χ4n) is 2.62. The summed E-state index contributed by atoms with van der Waals surface area (Å²) in [5.74, 6) is -0.00884. The van der Waals surface area contributed by atoms with Crippen LogP contribution in [-0.2, 0) is 4.79 Å². The molecule has 1 aliphatic carbocycles. The maximum atomic E-state index is 11.9. The first-order valence-electron chi connectivity index (χ1n) is 7.70. The predicted molar refractivity (Wildman–Crippen MR) is 85.0 cm³/mol. The monoisotopic (exact) mass is 291 g/mol. The Bertz CT molecular complexity index is 461. The van der Waals surface area contributed by atoms with Gasteiger partial charge in [0.25, 0.3) is 0 Å². The number of hydrogen-bond acceptors (Lipinski definition) is 4. The number of aliphatic hydroxyl groups is 1. The maximum Gasteiger partial charge on any atom is 0.224 e. The minimum Gasteiger partial charge on any atom is -0.397 e. The predicted octanol–water partition coefficient (Wildman–Crippen LogP) is 1.83. The quantitative estimate of drug-likeness (QED) is 0.639. The molecule has 0 heterocycles. The zero-order valence-electron chi connectivity index (χ0n) is 12.4. The third-order valence-corrected chi connectivity index (χ3v) is 4.06. The van der Waals surface area contributed by atoms with Gasteiger partial charge in [0.15, 0.2) is 0 Å². The normalized spacial score (nSPS) is 15.0. The van der Waals surface area contributed by atoms with Gasteiger partial charge in [-0.05, 0) is 37.9 Å². The number of nitrogens with one attached hydrogen (secondary N) is 1. The van der Waals surface area contributed by atoms with E-state index in [0.29, 0.717) is 30.4 Å². The van der Waals surface area contributed by atoms with Gasteiger partial charge < -0.3 is 16.2 Å². The molecule has 0 aromatic heterocycles. The van der Waals surface area contributed by atoms with Crippen molar-refractivity contribution in [3.63, 3.8) is 0 Å². The van der Waals surface area contributed by atoms with Crippen LogP contribution in [0.4, 0.5) is 11.4 Å². The minimum atomic E-state index is -0.00884. The van der Waals surface area contributed by atoms with Gasteiger partial charge in [0.05, 0.1) is 18.0 Å². The van der Waals surface area contributed by atoms with Gasteiger partial charge in [-0.1, -0.05) is 18.6 Å². The van der Waals surface area contributed by atoms with Crippen molar-refractivity contribution in [2.24, 2.45) is 0 Å². The summed E-state index contributed by atoms with van der Waals surface area (Å²) >= 11 is 0. The van der Waals surface area contributed by atoms with E-state index in [0.717, 1.165) is 13.0 Å². The van der Waals surface area contributed by atoms with Crippen molar-refractivity contribution in [1.82, 2.24) is 4.90 Å². The van der Waals surface area contributed by atoms with Crippen LogP contribution in [0.25, 0.3) is 0 Å². The number of anilines is 2. The van der Waals surface area contributed by atoms with Gasteiger partial charge >= 0.3 is 0 Å². The summed E-state index contributed by atoms with van der Waals surface area (Å²) in [7, 11) is 0. The van der Waals surface area contributed by atoms with Gasteiger partial charge in [-0.2, -0.15) is 0 Å². The van der Waals surface area contributed by atoms with Gasteiger partial charge in [-0.25, -0.2) is 0 Å². The molecule has 1 amide bonds. The number of carbonyl (C=O) groups excluding carboxylic acids is 1. The number of hydrogen-bond donors (Lipinski definition) is 3. The van der Waals surface area contributed by atoms with Crippen LogP contribution in [0, 0.1) is 0 Å². The molecule has 1 aliphatic rings. The van der Waals surface area contributed by atoms with Gasteiger partial charge in [0.2, 0.25) is 5.91 Å². The van der Waals surface area contributed by atoms with Crippen LogP contribution < -0.4 is 11.1 Å². The molecule has 0 bridgehead atoms. The molecule has 0 spiro atoms. The topological polar surface area (TPSA) is 78.6 Å². The second kappa shape index (κ2) is 8.00. The number of carbonyl (C=O) groups is 1. The molecule has 1 aromatic rings. The highest BCUT2D eigenvalue weighted by atomic mass is 16.3. The first-order valence-corrected chi connectivity index (χ1v) is 7.70. The fraction of sp³-hybridized carbons (Fsp3) is 0.562. The van der Waals surface area contributed by atoms with E-state index in [1.807, 2.05) is 12.1 Å². The number of para-hydroxylation sites is 2. The molecule has 1 saturated carbocycles. The average molecular weight is 291 g/mol. The number of nitrogen functional groups attached to an aromatic ring is 1. The van der Waals surface area contributed by atoms with Crippen molar-refractivity contribution in [3.05, 3.63) is 24.3 Å². The van der Waals surface area contributed by atoms with Gasteiger partial charge in [0.1, 0.15) is 0 Å². The molecule has 0 atom stereocenters. The third kappa shape index (κ3) is 4.72. The van der Waals surface area contributed by atoms with Crippen molar-refractivity contribution >= 4 is 17.3 Å². The highest BCUT2D eigenvalue weighted by Crippen LogP contribution is 2.24. The lowest BCUT2D eigenvalue weighted by molar-refractivity contribution is -0.116. The van der Waals surface area contributed by atoms with E-state index in [-0.39, 0.29) is 12.5 Å². The molecule has 2 rings (SSSR count). The van der Waals surface area contributed by atoms with E-state index < -0.39 is 0 Å². The van der Waals surface area contributed by atoms with E-state index in [1.165, 1.54) is 19.3 Å². The molecule has 0 aliphatic heterocycles. The number of amides is 1. The van der Waals surface area contributed by atoms with Crippen LogP contribution in [-0.4, -0.2) is 41.7 Å². The van der Waals surface area contributed by atoms with Crippen LogP contribution in [0.1, 0.15) is 32.1 Å². The fourth-order valence-corrected chi connectivity index (χ4v) is 2.62. The minimum absolute atomic E-state index is 0.00884. The molecule has 0 unspecified atom stereocenters. The molecule has 5 heteroatoms. The molecular weight excluding hydrogens is 266 g/mol. The molecule has 0 saturated heterocycles. The van der Waals surface area contributed by atoms with E-state index in [1.54, 1.807) is 12.1 Å². The summed E-state index contributed by atoms with van der Waals surface area (Å²) < 4.78 is 0. The van der Waals surface area contributed by atoms with Crippen LogP contribution in [0.5, 0.6) is 0 Å². The highest BCUT2D eigenvalue weighted by Gasteiger charge is 2.24. The second-order valence-electron chi connectivity index (χ2n) is 5.58. The Morgan fingerprint density at radius 1 is 1.33 bits per heavy atom. The summed E-state index contributed by atoms with van der Waals surface area (Å²) in [5.41, 5.74) is 7.06. The summed E-state index contributed by atoms with van der Waals surface area (Å²) in [5, 5.41) is 11.9. The first kappa shape index (κ1) is 15.8. The summed E-state index contributed by atoms with van der Waals surface area (Å²) in [4.78, 5) is 14.2. The molecule has 21 heavy (non-hydrogen) atoms. The molecule has 1 aromatic carbocycles. The number of rotatable bonds is 8. The third-order valence-electron chi connectivity index (χ3n) is 4.06. The number of nitrogens with zero attached hydrogens (tertiary/aromatic N) is 1. The number of aliphatic hydroxyl groups excluding tert-OH is 1.